The van der Waals surface area contributed by atoms with E-state index in [9.17, 15) is 4.79 Å². The van der Waals surface area contributed by atoms with Crippen molar-refractivity contribution in [2.75, 3.05) is 0 Å². The molecule has 1 fully saturated rings. The number of nitrogens with zero attached hydrogens (tertiary/aromatic N) is 2. The zero-order chi connectivity index (χ0) is 12.9. The van der Waals surface area contributed by atoms with Crippen LogP contribution in [0.2, 0.25) is 0 Å². The quantitative estimate of drug-likeness (QED) is 0.781. The molecule has 0 saturated heterocycles. The molecular formula is C12H9BrCl2N2O. The van der Waals surface area contributed by atoms with Gasteiger partial charge in [0.2, 0.25) is 0 Å². The number of rotatable bonds is 2. The van der Waals surface area contributed by atoms with Crippen LogP contribution in [0.25, 0.3) is 10.9 Å². The average molecular weight is 348 g/mol. The van der Waals surface area contributed by atoms with E-state index in [-0.39, 0.29) is 11.5 Å². The molecule has 2 aromatic rings. The Hall–Kier alpha value is -0.580. The first-order valence-corrected chi connectivity index (χ1v) is 7.05. The smallest absolute Gasteiger partial charge is 0.261 e. The summed E-state index contributed by atoms with van der Waals surface area (Å²) in [6.07, 6.45) is 2.28. The molecular weight excluding hydrogens is 339 g/mol. The Morgan fingerprint density at radius 2 is 2.22 bits per heavy atom. The van der Waals surface area contributed by atoms with Crippen LogP contribution in [0.3, 0.4) is 0 Å². The van der Waals surface area contributed by atoms with Crippen LogP contribution in [0.15, 0.2) is 33.8 Å². The lowest BCUT2D eigenvalue weighted by atomic mass is 10.2. The molecule has 0 spiro atoms. The highest BCUT2D eigenvalue weighted by Crippen LogP contribution is 2.53. The Kier molecular flexibility index (Phi) is 2.92. The summed E-state index contributed by atoms with van der Waals surface area (Å²) >= 11 is 15.3. The standard InChI is InChI=1S/C12H9BrCl2N2O/c13-8-1-2-10-9(3-8)11(18)17(6-16-10)5-7-4-12(7,14)15/h1-3,6-7H,4-5H2. The molecule has 0 N–H and O–H groups in total. The lowest BCUT2D eigenvalue weighted by molar-refractivity contribution is 0.597. The van der Waals surface area contributed by atoms with Gasteiger partial charge >= 0.3 is 0 Å². The summed E-state index contributed by atoms with van der Waals surface area (Å²) < 4.78 is 1.76. The third-order valence-corrected chi connectivity index (χ3v) is 4.58. The van der Waals surface area contributed by atoms with Crippen LogP contribution in [0.5, 0.6) is 0 Å². The van der Waals surface area contributed by atoms with E-state index in [1.807, 2.05) is 12.1 Å². The van der Waals surface area contributed by atoms with E-state index >= 15 is 0 Å². The Labute approximate surface area is 122 Å². The van der Waals surface area contributed by atoms with E-state index in [4.69, 9.17) is 23.2 Å². The van der Waals surface area contributed by atoms with E-state index in [0.717, 1.165) is 10.9 Å². The van der Waals surface area contributed by atoms with Crippen molar-refractivity contribution in [2.24, 2.45) is 5.92 Å². The van der Waals surface area contributed by atoms with Crippen LogP contribution in [0, 0.1) is 5.92 Å². The Morgan fingerprint density at radius 3 is 2.89 bits per heavy atom. The Bertz CT molecular complexity index is 683. The molecule has 1 unspecified atom stereocenters. The van der Waals surface area contributed by atoms with Gasteiger partial charge in [-0.05, 0) is 24.6 Å². The van der Waals surface area contributed by atoms with Crippen LogP contribution in [0.1, 0.15) is 6.42 Å². The van der Waals surface area contributed by atoms with Gasteiger partial charge in [0.15, 0.2) is 0 Å². The fraction of sp³-hybridized carbons (Fsp3) is 0.333. The molecule has 0 amide bonds. The summed E-state index contributed by atoms with van der Waals surface area (Å²) in [5.41, 5.74) is 0.635. The van der Waals surface area contributed by atoms with E-state index in [1.54, 1.807) is 17.0 Å². The second-order valence-electron chi connectivity index (χ2n) is 4.53. The molecule has 6 heteroatoms. The van der Waals surface area contributed by atoms with Gasteiger partial charge in [-0.15, -0.1) is 23.2 Å². The normalized spacial score (nSPS) is 21.2. The number of hydrogen-bond acceptors (Lipinski definition) is 2. The fourth-order valence-corrected chi connectivity index (χ4v) is 2.84. The van der Waals surface area contributed by atoms with Gasteiger partial charge in [-0.1, -0.05) is 15.9 Å². The topological polar surface area (TPSA) is 34.9 Å². The number of fused-ring (bicyclic) bond motifs is 1. The lowest BCUT2D eigenvalue weighted by Crippen LogP contribution is -2.22. The number of aromatic nitrogens is 2. The van der Waals surface area contributed by atoms with Gasteiger partial charge in [0.25, 0.3) is 5.56 Å². The largest absolute Gasteiger partial charge is 0.298 e. The van der Waals surface area contributed by atoms with Gasteiger partial charge in [0.1, 0.15) is 4.33 Å². The van der Waals surface area contributed by atoms with Crippen molar-refractivity contribution < 1.29 is 0 Å². The van der Waals surface area contributed by atoms with Gasteiger partial charge in [0, 0.05) is 16.9 Å². The first kappa shape index (κ1) is 12.5. The van der Waals surface area contributed by atoms with Crippen molar-refractivity contribution in [1.82, 2.24) is 9.55 Å². The summed E-state index contributed by atoms with van der Waals surface area (Å²) in [5, 5.41) is 0.599. The van der Waals surface area contributed by atoms with Gasteiger partial charge in [0.05, 0.1) is 17.2 Å². The van der Waals surface area contributed by atoms with Crippen LogP contribution in [-0.2, 0) is 6.54 Å². The second-order valence-corrected chi connectivity index (χ2v) is 6.98. The molecule has 94 valence electrons. The lowest BCUT2D eigenvalue weighted by Gasteiger charge is -2.06. The zero-order valence-corrected chi connectivity index (χ0v) is 12.3. The maximum Gasteiger partial charge on any atom is 0.261 e. The van der Waals surface area contributed by atoms with Crippen LogP contribution in [-0.4, -0.2) is 13.9 Å². The molecule has 18 heavy (non-hydrogen) atoms. The zero-order valence-electron chi connectivity index (χ0n) is 9.24. The molecule has 1 heterocycles. The van der Waals surface area contributed by atoms with Gasteiger partial charge in [-0.25, -0.2) is 4.98 Å². The van der Waals surface area contributed by atoms with Crippen molar-refractivity contribution in [3.8, 4) is 0 Å². The number of alkyl halides is 2. The summed E-state index contributed by atoms with van der Waals surface area (Å²) in [7, 11) is 0. The molecule has 0 bridgehead atoms. The predicted octanol–water partition coefficient (Wildman–Crippen LogP) is 3.35. The highest BCUT2D eigenvalue weighted by molar-refractivity contribution is 9.10. The molecule has 1 aromatic carbocycles. The van der Waals surface area contributed by atoms with E-state index < -0.39 is 4.33 Å². The first-order chi connectivity index (χ1) is 8.47. The maximum absolute atomic E-state index is 12.3. The maximum atomic E-state index is 12.3. The third-order valence-electron chi connectivity index (χ3n) is 3.16. The summed E-state index contributed by atoms with van der Waals surface area (Å²) in [6, 6.07) is 5.46. The van der Waals surface area contributed by atoms with Gasteiger partial charge < -0.3 is 0 Å². The monoisotopic (exact) mass is 346 g/mol. The highest BCUT2D eigenvalue weighted by Gasteiger charge is 2.51. The molecule has 1 saturated carbocycles. The minimum Gasteiger partial charge on any atom is -0.298 e. The molecule has 0 aliphatic heterocycles. The van der Waals surface area contributed by atoms with Crippen molar-refractivity contribution in [1.29, 1.82) is 0 Å². The van der Waals surface area contributed by atoms with Crippen molar-refractivity contribution in [2.45, 2.75) is 17.3 Å². The van der Waals surface area contributed by atoms with Crippen molar-refractivity contribution >= 4 is 50.0 Å². The molecule has 1 aliphatic rings. The number of halogens is 3. The first-order valence-electron chi connectivity index (χ1n) is 5.50. The number of hydrogen-bond donors (Lipinski definition) is 0. The summed E-state index contributed by atoms with van der Waals surface area (Å²) in [6.45, 7) is 0.515. The minimum atomic E-state index is -0.675. The van der Waals surface area contributed by atoms with E-state index in [2.05, 4.69) is 20.9 Å². The van der Waals surface area contributed by atoms with Crippen molar-refractivity contribution in [3.63, 3.8) is 0 Å². The SMILES string of the molecule is O=c1c2cc(Br)ccc2ncn1CC1CC1(Cl)Cl. The summed E-state index contributed by atoms with van der Waals surface area (Å²) in [4.78, 5) is 16.5. The number of benzene rings is 1. The second kappa shape index (κ2) is 4.22. The molecule has 1 aliphatic carbocycles. The molecule has 3 nitrogen and oxygen atoms in total. The summed E-state index contributed by atoms with van der Waals surface area (Å²) in [5.74, 6) is 0.130. The minimum absolute atomic E-state index is 0.0580. The molecule has 0 radical (unpaired) electrons. The molecule has 1 atom stereocenters. The Morgan fingerprint density at radius 1 is 1.50 bits per heavy atom. The Balaban J connectivity index is 2.04. The van der Waals surface area contributed by atoms with Crippen LogP contribution < -0.4 is 5.56 Å². The third kappa shape index (κ3) is 2.17. The predicted molar refractivity (Wildman–Crippen MR) is 76.2 cm³/mol. The van der Waals surface area contributed by atoms with E-state index in [1.165, 1.54) is 0 Å². The fourth-order valence-electron chi connectivity index (χ4n) is 1.97. The molecule has 1 aromatic heterocycles. The average Bonchev–Trinajstić information content (AvgIpc) is 2.91. The van der Waals surface area contributed by atoms with Gasteiger partial charge in [-0.3, -0.25) is 9.36 Å². The van der Waals surface area contributed by atoms with Crippen LogP contribution >= 0.6 is 39.1 Å². The van der Waals surface area contributed by atoms with Crippen molar-refractivity contribution in [3.05, 3.63) is 39.4 Å². The van der Waals surface area contributed by atoms with Crippen LogP contribution in [0.4, 0.5) is 0 Å². The van der Waals surface area contributed by atoms with E-state index in [0.29, 0.717) is 17.4 Å². The highest BCUT2D eigenvalue weighted by atomic mass is 79.9. The van der Waals surface area contributed by atoms with Gasteiger partial charge in [-0.2, -0.15) is 0 Å². The molecule has 3 rings (SSSR count).